The predicted octanol–water partition coefficient (Wildman–Crippen LogP) is 4.75. The van der Waals surface area contributed by atoms with E-state index in [1.54, 1.807) is 25.4 Å². The van der Waals surface area contributed by atoms with Gasteiger partial charge in [0.1, 0.15) is 22.6 Å². The third-order valence-corrected chi connectivity index (χ3v) is 7.44. The molecule has 1 aliphatic heterocycles. The molecule has 0 fully saturated rings. The molecule has 40 heavy (non-hydrogen) atoms. The molecule has 4 aromatic heterocycles. The number of aromatic nitrogens is 5. The maximum Gasteiger partial charge on any atom is 0.338 e. The van der Waals surface area contributed by atoms with Crippen molar-refractivity contribution in [2.75, 3.05) is 20.8 Å². The number of carbonyl (C=O) groups excluding carboxylic acids is 2. The number of carbonyl (C=O) groups is 2. The maximum atomic E-state index is 12.9. The third kappa shape index (κ3) is 4.35. The minimum absolute atomic E-state index is 0.189. The molecular formula is C30H30N6O4. The van der Waals surface area contributed by atoms with Gasteiger partial charge in [-0.15, -0.1) is 0 Å². The van der Waals surface area contributed by atoms with E-state index in [4.69, 9.17) is 19.4 Å². The van der Waals surface area contributed by atoms with Crippen molar-refractivity contribution in [2.45, 2.75) is 32.2 Å². The largest absolute Gasteiger partial charge is 0.494 e. The summed E-state index contributed by atoms with van der Waals surface area (Å²) < 4.78 is 14.8. The number of rotatable bonds is 3. The highest BCUT2D eigenvalue weighted by atomic mass is 16.5. The monoisotopic (exact) mass is 538 g/mol. The molecule has 1 aromatic carbocycles. The molecule has 0 radical (unpaired) electrons. The number of nitrogens with one attached hydrogen (secondary N) is 1. The van der Waals surface area contributed by atoms with Crippen molar-refractivity contribution in [1.29, 1.82) is 0 Å². The van der Waals surface area contributed by atoms with Crippen molar-refractivity contribution < 1.29 is 19.1 Å². The summed E-state index contributed by atoms with van der Waals surface area (Å²) >= 11 is 0. The number of amides is 1. The van der Waals surface area contributed by atoms with E-state index in [1.165, 1.54) is 7.11 Å². The highest BCUT2D eigenvalue weighted by molar-refractivity contribution is 5.99. The molecule has 5 heterocycles. The van der Waals surface area contributed by atoms with E-state index >= 15 is 0 Å². The van der Waals surface area contributed by atoms with Gasteiger partial charge in [0.25, 0.3) is 5.91 Å². The fourth-order valence-corrected chi connectivity index (χ4v) is 5.45. The van der Waals surface area contributed by atoms with Gasteiger partial charge in [-0.3, -0.25) is 9.78 Å². The summed E-state index contributed by atoms with van der Waals surface area (Å²) in [7, 11) is 4.87. The third-order valence-electron chi connectivity index (χ3n) is 7.44. The van der Waals surface area contributed by atoms with Crippen LogP contribution in [0.4, 0.5) is 0 Å². The lowest BCUT2D eigenvalue weighted by Gasteiger charge is -2.13. The number of methoxy groups -OCH3 is 2. The second kappa shape index (κ2) is 10.4. The summed E-state index contributed by atoms with van der Waals surface area (Å²) in [4.78, 5) is 39.6. The molecule has 10 heteroatoms. The van der Waals surface area contributed by atoms with Crippen LogP contribution in [-0.4, -0.2) is 56.7 Å². The molecule has 0 saturated carbocycles. The molecule has 6 rings (SSSR count). The second-order valence-electron chi connectivity index (χ2n) is 9.89. The van der Waals surface area contributed by atoms with E-state index in [9.17, 15) is 9.59 Å². The lowest BCUT2D eigenvalue weighted by Crippen LogP contribution is -2.26. The molecule has 1 N–H and O–H groups in total. The van der Waals surface area contributed by atoms with Crippen LogP contribution in [0.5, 0.6) is 5.75 Å². The fourth-order valence-electron chi connectivity index (χ4n) is 5.45. The number of nitrogens with zero attached hydrogens (tertiary/aromatic N) is 5. The molecule has 1 aliphatic rings. The van der Waals surface area contributed by atoms with Crippen molar-refractivity contribution in [1.82, 2.24) is 29.4 Å². The van der Waals surface area contributed by atoms with Crippen LogP contribution in [0, 0.1) is 0 Å². The van der Waals surface area contributed by atoms with Crippen LogP contribution in [0.3, 0.4) is 0 Å². The Bertz CT molecular complexity index is 1770. The average molecular weight is 539 g/mol. The molecule has 5 aromatic rings. The first-order chi connectivity index (χ1) is 19.5. The lowest BCUT2D eigenvalue weighted by atomic mass is 10.1. The number of pyridine rings is 2. The summed E-state index contributed by atoms with van der Waals surface area (Å²) in [5.41, 5.74) is 5.26. The molecule has 0 aliphatic carbocycles. The van der Waals surface area contributed by atoms with Gasteiger partial charge in [-0.25, -0.2) is 14.8 Å². The van der Waals surface area contributed by atoms with Crippen LogP contribution in [-0.2, 0) is 18.3 Å². The number of esters is 1. The van der Waals surface area contributed by atoms with Crippen LogP contribution in [0.1, 0.15) is 46.5 Å². The van der Waals surface area contributed by atoms with Gasteiger partial charge in [0, 0.05) is 37.3 Å². The summed E-state index contributed by atoms with van der Waals surface area (Å²) in [6, 6.07) is 13.1. The molecular weight excluding hydrogens is 508 g/mol. The number of hydrogen-bond donors (Lipinski definition) is 1. The topological polar surface area (TPSA) is 113 Å². The van der Waals surface area contributed by atoms with E-state index in [1.807, 2.05) is 35.9 Å². The Hall–Kier alpha value is -4.73. The Morgan fingerprint density at radius 2 is 1.88 bits per heavy atom. The molecule has 1 amide bonds. The molecule has 0 spiro atoms. The van der Waals surface area contributed by atoms with E-state index < -0.39 is 5.97 Å². The van der Waals surface area contributed by atoms with Crippen molar-refractivity contribution in [3.05, 3.63) is 59.9 Å². The minimum atomic E-state index is -0.449. The minimum Gasteiger partial charge on any atom is -0.494 e. The smallest absolute Gasteiger partial charge is 0.338 e. The van der Waals surface area contributed by atoms with Crippen LogP contribution >= 0.6 is 0 Å². The van der Waals surface area contributed by atoms with E-state index in [0.717, 1.165) is 60.3 Å². The van der Waals surface area contributed by atoms with Gasteiger partial charge in [-0.2, -0.15) is 0 Å². The zero-order valence-electron chi connectivity index (χ0n) is 22.7. The number of imidazole rings is 1. The Kier molecular flexibility index (Phi) is 6.67. The molecule has 10 nitrogen and oxygen atoms in total. The highest BCUT2D eigenvalue weighted by Crippen LogP contribution is 2.35. The van der Waals surface area contributed by atoms with Crippen LogP contribution < -0.4 is 10.1 Å². The first-order valence-electron chi connectivity index (χ1n) is 13.4. The fraction of sp³-hybridized carbons (Fsp3) is 0.300. The van der Waals surface area contributed by atoms with Crippen LogP contribution in [0.2, 0.25) is 0 Å². The van der Waals surface area contributed by atoms with Gasteiger partial charge in [-0.05, 0) is 55.3 Å². The summed E-state index contributed by atoms with van der Waals surface area (Å²) in [5.74, 6) is 0.636. The number of hydrogen-bond acceptors (Lipinski definition) is 7. The van der Waals surface area contributed by atoms with Crippen molar-refractivity contribution in [3.63, 3.8) is 0 Å². The van der Waals surface area contributed by atoms with Crippen LogP contribution in [0.25, 0.3) is 44.8 Å². The summed E-state index contributed by atoms with van der Waals surface area (Å²) in [6.07, 6.45) is 5.50. The van der Waals surface area contributed by atoms with Gasteiger partial charge >= 0.3 is 5.97 Å². The van der Waals surface area contributed by atoms with Gasteiger partial charge in [0.15, 0.2) is 5.82 Å². The number of aryl methyl sites for hydroxylation is 2. The number of benzene rings is 1. The zero-order valence-corrected chi connectivity index (χ0v) is 22.7. The summed E-state index contributed by atoms with van der Waals surface area (Å²) in [5, 5.41) is 3.97. The first kappa shape index (κ1) is 25.5. The summed E-state index contributed by atoms with van der Waals surface area (Å²) in [6.45, 7) is 1.37. The van der Waals surface area contributed by atoms with E-state index in [-0.39, 0.29) is 5.91 Å². The number of fused-ring (bicyclic) bond motifs is 4. The van der Waals surface area contributed by atoms with Gasteiger partial charge in [0.05, 0.1) is 36.7 Å². The van der Waals surface area contributed by atoms with E-state index in [2.05, 4.69) is 20.9 Å². The molecule has 0 saturated heterocycles. The quantitative estimate of drug-likeness (QED) is 0.330. The van der Waals surface area contributed by atoms with Crippen molar-refractivity contribution >= 4 is 33.9 Å². The highest BCUT2D eigenvalue weighted by Gasteiger charge is 2.23. The average Bonchev–Trinajstić information content (AvgIpc) is 3.51. The Labute approximate surface area is 231 Å². The molecule has 0 unspecified atom stereocenters. The lowest BCUT2D eigenvalue weighted by molar-refractivity contribution is 0.0600. The zero-order chi connectivity index (χ0) is 27.8. The standard InChI is InChI=1S/C30H30N6O4/c1-35-26-22(15-19(30(38)40-3)17-24(26)39-2)34-28(35)23-16-18-10-11-21-20-9-8-13-31-25(20)29(37)32-12-6-4-5-7-14-36(23)27(18)33-21/h8-11,13,15-17H,4-7,12,14H2,1-3H3,(H,32,37). The van der Waals surface area contributed by atoms with Gasteiger partial charge < -0.3 is 23.9 Å². The van der Waals surface area contributed by atoms with Crippen molar-refractivity contribution in [3.8, 4) is 28.5 Å². The van der Waals surface area contributed by atoms with Crippen molar-refractivity contribution in [2.24, 2.45) is 7.05 Å². The molecule has 2 bridgehead atoms. The van der Waals surface area contributed by atoms with Crippen LogP contribution in [0.15, 0.2) is 48.7 Å². The number of ether oxygens (including phenoxy) is 2. The Balaban J connectivity index is 1.56. The first-order valence-corrected chi connectivity index (χ1v) is 13.4. The Morgan fingerprint density at radius 1 is 1.02 bits per heavy atom. The molecule has 0 atom stereocenters. The van der Waals surface area contributed by atoms with E-state index in [0.29, 0.717) is 40.3 Å². The molecule has 204 valence electrons. The normalized spacial score (nSPS) is 14.1. The predicted molar refractivity (Wildman–Crippen MR) is 151 cm³/mol. The maximum absolute atomic E-state index is 12.9. The SMILES string of the molecule is COC(=O)c1cc(OC)c2c(c1)nc(-c1cc3ccc4nc3n1CCCCCCNC(=O)c1ncccc1-4)n2C. The second-order valence-corrected chi connectivity index (χ2v) is 9.89. The Morgan fingerprint density at radius 3 is 2.70 bits per heavy atom. The van der Waals surface area contributed by atoms with Gasteiger partial charge in [0.2, 0.25) is 0 Å². The van der Waals surface area contributed by atoms with Gasteiger partial charge in [-0.1, -0.05) is 12.8 Å².